The Labute approximate surface area is 201 Å². The van der Waals surface area contributed by atoms with Gasteiger partial charge in [0.15, 0.2) is 0 Å². The molecule has 0 aliphatic heterocycles. The molecule has 0 radical (unpaired) electrons. The van der Waals surface area contributed by atoms with E-state index in [1.54, 1.807) is 5.57 Å². The summed E-state index contributed by atoms with van der Waals surface area (Å²) in [5.41, 5.74) is 3.14. The first-order valence-electron chi connectivity index (χ1n) is 13.4. The number of fused-ring (bicyclic) bond motifs is 5. The highest BCUT2D eigenvalue weighted by Gasteiger charge is 2.57. The van der Waals surface area contributed by atoms with Crippen LogP contribution in [0.25, 0.3) is 0 Å². The Kier molecular flexibility index (Phi) is 6.53. The topological polar surface area (TPSA) is 46.5 Å². The van der Waals surface area contributed by atoms with E-state index in [-0.39, 0.29) is 23.4 Å². The van der Waals surface area contributed by atoms with Crippen LogP contribution in [-0.4, -0.2) is 22.8 Å². The van der Waals surface area contributed by atoms with Gasteiger partial charge in [-0.15, -0.1) is 0 Å². The van der Waals surface area contributed by atoms with Gasteiger partial charge in [-0.1, -0.05) is 63.1 Å². The van der Waals surface area contributed by atoms with Crippen LogP contribution in [0.2, 0.25) is 0 Å². The molecule has 0 amide bonds. The largest absolute Gasteiger partial charge is 0.462 e. The maximum absolute atomic E-state index is 11.5. The van der Waals surface area contributed by atoms with Crippen molar-refractivity contribution in [3.8, 4) is 0 Å². The molecule has 4 rings (SSSR count). The first-order valence-corrected chi connectivity index (χ1v) is 13.4. The van der Waals surface area contributed by atoms with Crippen molar-refractivity contribution in [2.24, 2.45) is 40.4 Å². The zero-order valence-electron chi connectivity index (χ0n) is 22.0. The molecule has 0 bridgehead atoms. The molecule has 33 heavy (non-hydrogen) atoms. The maximum Gasteiger partial charge on any atom is 0.302 e. The minimum absolute atomic E-state index is 0.0559. The number of aliphatic hydroxyl groups is 1. The van der Waals surface area contributed by atoms with Gasteiger partial charge in [-0.05, 0) is 86.9 Å². The summed E-state index contributed by atoms with van der Waals surface area (Å²) in [6, 6.07) is 0. The van der Waals surface area contributed by atoms with Gasteiger partial charge in [0.25, 0.3) is 0 Å². The smallest absolute Gasteiger partial charge is 0.302 e. The van der Waals surface area contributed by atoms with Crippen LogP contribution < -0.4 is 0 Å². The average Bonchev–Trinajstić information content (AvgIpc) is 3.08. The molecule has 184 valence electrons. The second-order valence-corrected chi connectivity index (χ2v) is 12.8. The normalized spacial score (nSPS) is 40.2. The van der Waals surface area contributed by atoms with Crippen molar-refractivity contribution in [3.05, 3.63) is 35.5 Å². The number of hydrogen-bond acceptors (Lipinski definition) is 3. The summed E-state index contributed by atoms with van der Waals surface area (Å²) in [6.45, 7) is 14.9. The fraction of sp³-hybridized carbons (Fsp3) is 0.767. The fourth-order valence-electron chi connectivity index (χ4n) is 7.92. The highest BCUT2D eigenvalue weighted by Crippen LogP contribution is 2.66. The lowest BCUT2D eigenvalue weighted by Gasteiger charge is -2.55. The molecule has 4 aliphatic carbocycles. The molecule has 0 spiro atoms. The molecule has 0 aromatic carbocycles. The summed E-state index contributed by atoms with van der Waals surface area (Å²) in [4.78, 5) is 11.5. The van der Waals surface area contributed by atoms with E-state index < -0.39 is 5.60 Å². The van der Waals surface area contributed by atoms with Crippen molar-refractivity contribution < 1.29 is 14.6 Å². The molecule has 3 nitrogen and oxygen atoms in total. The number of rotatable bonds is 5. The molecule has 0 aromatic rings. The van der Waals surface area contributed by atoms with Crippen LogP contribution in [0, 0.1) is 40.4 Å². The Bertz CT molecular complexity index is 858. The molecular formula is C30H46O3. The van der Waals surface area contributed by atoms with Gasteiger partial charge >= 0.3 is 5.97 Å². The van der Waals surface area contributed by atoms with Gasteiger partial charge in [0.2, 0.25) is 0 Å². The lowest BCUT2D eigenvalue weighted by molar-refractivity contribution is -0.148. The Balaban J connectivity index is 1.54. The third-order valence-corrected chi connectivity index (χ3v) is 10.4. The summed E-state index contributed by atoms with van der Waals surface area (Å²) in [5.74, 6) is 2.58. The number of allylic oxidation sites excluding steroid dienone is 4. The molecule has 4 aliphatic rings. The summed E-state index contributed by atoms with van der Waals surface area (Å²) in [7, 11) is 0. The predicted molar refractivity (Wildman–Crippen MR) is 134 cm³/mol. The van der Waals surface area contributed by atoms with E-state index in [4.69, 9.17) is 4.74 Å². The predicted octanol–water partition coefficient (Wildman–Crippen LogP) is 7.02. The van der Waals surface area contributed by atoms with Crippen molar-refractivity contribution in [2.45, 2.75) is 105 Å². The van der Waals surface area contributed by atoms with Gasteiger partial charge in [-0.3, -0.25) is 4.79 Å². The molecule has 8 atom stereocenters. The summed E-state index contributed by atoms with van der Waals surface area (Å²) in [6.07, 6.45) is 17.8. The van der Waals surface area contributed by atoms with Crippen LogP contribution in [0.5, 0.6) is 0 Å². The highest BCUT2D eigenvalue weighted by atomic mass is 16.5. The van der Waals surface area contributed by atoms with Crippen LogP contribution in [0.3, 0.4) is 0 Å². The van der Waals surface area contributed by atoms with Gasteiger partial charge in [0.05, 0.1) is 5.60 Å². The summed E-state index contributed by atoms with van der Waals surface area (Å²) in [5, 5.41) is 10.3. The Hall–Kier alpha value is -1.35. The molecule has 0 heterocycles. The SMILES string of the molecule is CC(=O)O[C@H]1CC[C@@]2(C)C(=CC=C3[C@@H]4CC[C@H]([C@H](C)/C=C/[C@H](C)C(C)(C)O)[C@@]4(C)CC[C@@H]32)C1. The van der Waals surface area contributed by atoms with Gasteiger partial charge in [0.1, 0.15) is 6.10 Å². The number of carbonyl (C=O) groups is 1. The van der Waals surface area contributed by atoms with Crippen LogP contribution in [0.15, 0.2) is 35.5 Å². The van der Waals surface area contributed by atoms with E-state index in [9.17, 15) is 9.90 Å². The van der Waals surface area contributed by atoms with E-state index in [1.807, 2.05) is 13.8 Å². The number of ether oxygens (including phenoxy) is 1. The second-order valence-electron chi connectivity index (χ2n) is 12.8. The van der Waals surface area contributed by atoms with Crippen LogP contribution >= 0.6 is 0 Å². The minimum Gasteiger partial charge on any atom is -0.462 e. The Morgan fingerprint density at radius 1 is 1.09 bits per heavy atom. The summed E-state index contributed by atoms with van der Waals surface area (Å²) < 4.78 is 5.59. The van der Waals surface area contributed by atoms with Gasteiger partial charge in [0, 0.05) is 19.3 Å². The van der Waals surface area contributed by atoms with Crippen molar-refractivity contribution in [1.82, 2.24) is 0 Å². The zero-order valence-corrected chi connectivity index (χ0v) is 22.0. The molecular weight excluding hydrogens is 408 g/mol. The van der Waals surface area contributed by atoms with E-state index >= 15 is 0 Å². The third kappa shape index (κ3) is 4.40. The number of hydrogen-bond donors (Lipinski definition) is 1. The number of esters is 1. The molecule has 3 heteroatoms. The van der Waals surface area contributed by atoms with Crippen LogP contribution in [-0.2, 0) is 9.53 Å². The molecule has 0 unspecified atom stereocenters. The van der Waals surface area contributed by atoms with Crippen molar-refractivity contribution >= 4 is 5.97 Å². The van der Waals surface area contributed by atoms with E-state index in [1.165, 1.54) is 38.2 Å². The van der Waals surface area contributed by atoms with Crippen molar-refractivity contribution in [1.29, 1.82) is 0 Å². The molecule has 0 saturated heterocycles. The van der Waals surface area contributed by atoms with Gasteiger partial charge < -0.3 is 9.84 Å². The van der Waals surface area contributed by atoms with Crippen LogP contribution in [0.1, 0.15) is 93.4 Å². The second kappa shape index (κ2) is 8.70. The molecule has 0 aromatic heterocycles. The maximum atomic E-state index is 11.5. The quantitative estimate of drug-likeness (QED) is 0.359. The molecule has 3 fully saturated rings. The van der Waals surface area contributed by atoms with E-state index in [0.717, 1.165) is 19.3 Å². The first kappa shape index (κ1) is 24.8. The standard InChI is InChI=1S/C30H46O3/c1-19(8-9-20(2)28(4,5)32)25-12-13-26-24-11-10-22-18-23(33-21(3)31)14-16-29(22,6)27(24)15-17-30(25,26)7/h8-11,19-20,23,25-27,32H,12-18H2,1-7H3/b9-8+/t19-,20+,23+,25-,26+,27+,29+,30-/m1/s1. The van der Waals surface area contributed by atoms with Gasteiger partial charge in [-0.2, -0.15) is 0 Å². The monoisotopic (exact) mass is 454 g/mol. The van der Waals surface area contributed by atoms with E-state index in [0.29, 0.717) is 29.1 Å². The Morgan fingerprint density at radius 3 is 2.48 bits per heavy atom. The lowest BCUT2D eigenvalue weighted by atomic mass is 9.50. The minimum atomic E-state index is -0.669. The first-order chi connectivity index (χ1) is 15.4. The Morgan fingerprint density at radius 2 is 1.82 bits per heavy atom. The van der Waals surface area contributed by atoms with E-state index in [2.05, 4.69) is 52.0 Å². The number of carbonyl (C=O) groups excluding carboxylic acids is 1. The fourth-order valence-corrected chi connectivity index (χ4v) is 7.92. The highest BCUT2D eigenvalue weighted by molar-refractivity contribution is 5.66. The summed E-state index contributed by atoms with van der Waals surface area (Å²) >= 11 is 0. The average molecular weight is 455 g/mol. The van der Waals surface area contributed by atoms with Gasteiger partial charge in [-0.25, -0.2) is 0 Å². The molecule has 3 saturated carbocycles. The lowest BCUT2D eigenvalue weighted by Crippen LogP contribution is -2.46. The van der Waals surface area contributed by atoms with Crippen molar-refractivity contribution in [2.75, 3.05) is 0 Å². The van der Waals surface area contributed by atoms with Crippen LogP contribution in [0.4, 0.5) is 0 Å². The zero-order chi connectivity index (χ0) is 24.2. The van der Waals surface area contributed by atoms with Crippen molar-refractivity contribution in [3.63, 3.8) is 0 Å². The molecule has 1 N–H and O–H groups in total. The third-order valence-electron chi connectivity index (χ3n) is 10.4.